The van der Waals surface area contributed by atoms with Crippen molar-refractivity contribution in [1.82, 2.24) is 9.55 Å². The molecule has 2 aromatic heterocycles. The Balaban J connectivity index is 2.12. The summed E-state index contributed by atoms with van der Waals surface area (Å²) in [5, 5.41) is 2.09. The number of fused-ring (bicyclic) bond motifs is 1. The van der Waals surface area contributed by atoms with E-state index in [1.54, 1.807) is 11.3 Å². The van der Waals surface area contributed by atoms with Crippen LogP contribution in [-0.2, 0) is 6.54 Å². The van der Waals surface area contributed by atoms with Gasteiger partial charge in [0.2, 0.25) is 0 Å². The van der Waals surface area contributed by atoms with Crippen LogP contribution in [0.5, 0.6) is 0 Å². The highest BCUT2D eigenvalue weighted by atomic mass is 32.1. The van der Waals surface area contributed by atoms with Gasteiger partial charge in [-0.05, 0) is 30.0 Å². The fourth-order valence-electron chi connectivity index (χ4n) is 2.51. The van der Waals surface area contributed by atoms with Gasteiger partial charge in [-0.2, -0.15) is 0 Å². The molecule has 0 saturated carbocycles. The lowest BCUT2D eigenvalue weighted by Crippen LogP contribution is -2.00. The van der Waals surface area contributed by atoms with Crippen molar-refractivity contribution in [2.24, 2.45) is 0 Å². The number of rotatable bonds is 5. The van der Waals surface area contributed by atoms with Crippen LogP contribution in [0.4, 0.5) is 5.69 Å². The normalized spacial score (nSPS) is 11.2. The largest absolute Gasteiger partial charge is 0.397 e. The first-order valence-electron chi connectivity index (χ1n) is 7.10. The van der Waals surface area contributed by atoms with Gasteiger partial charge in [-0.3, -0.25) is 0 Å². The molecule has 0 aliphatic heterocycles. The molecule has 3 aromatic rings. The van der Waals surface area contributed by atoms with E-state index in [1.165, 1.54) is 24.1 Å². The molecule has 0 unspecified atom stereocenters. The summed E-state index contributed by atoms with van der Waals surface area (Å²) in [5.41, 5.74) is 8.90. The van der Waals surface area contributed by atoms with Crippen LogP contribution in [0.1, 0.15) is 26.2 Å². The van der Waals surface area contributed by atoms with Crippen molar-refractivity contribution in [3.63, 3.8) is 0 Å². The van der Waals surface area contributed by atoms with Gasteiger partial charge in [-0.15, -0.1) is 11.3 Å². The molecule has 0 radical (unpaired) electrons. The predicted octanol–water partition coefficient (Wildman–Crippen LogP) is 4.54. The standard InChI is InChI=1S/C16H19N3S/c1-2-3-4-10-19-13-8-5-7-12(17)15(13)18-16(19)14-9-6-11-20-14/h5-9,11H,2-4,10,17H2,1H3. The van der Waals surface area contributed by atoms with Crippen molar-refractivity contribution in [3.8, 4) is 10.7 Å². The molecular weight excluding hydrogens is 266 g/mol. The highest BCUT2D eigenvalue weighted by Gasteiger charge is 2.14. The molecule has 3 nitrogen and oxygen atoms in total. The fraction of sp³-hybridized carbons (Fsp3) is 0.312. The minimum absolute atomic E-state index is 0.759. The number of unbranched alkanes of at least 4 members (excludes halogenated alkanes) is 2. The lowest BCUT2D eigenvalue weighted by molar-refractivity contribution is 0.618. The van der Waals surface area contributed by atoms with Gasteiger partial charge in [0, 0.05) is 6.54 Å². The summed E-state index contributed by atoms with van der Waals surface area (Å²) in [4.78, 5) is 5.99. The summed E-state index contributed by atoms with van der Waals surface area (Å²) >= 11 is 1.73. The number of anilines is 1. The van der Waals surface area contributed by atoms with Crippen LogP contribution in [0.15, 0.2) is 35.7 Å². The molecule has 104 valence electrons. The summed E-state index contributed by atoms with van der Waals surface area (Å²) in [5.74, 6) is 1.05. The molecule has 0 fully saturated rings. The topological polar surface area (TPSA) is 43.8 Å². The molecule has 0 atom stereocenters. The minimum atomic E-state index is 0.759. The maximum atomic E-state index is 6.07. The van der Waals surface area contributed by atoms with E-state index in [2.05, 4.69) is 35.1 Å². The van der Waals surface area contributed by atoms with Crippen molar-refractivity contribution in [2.75, 3.05) is 5.73 Å². The van der Waals surface area contributed by atoms with Gasteiger partial charge < -0.3 is 10.3 Å². The Labute approximate surface area is 123 Å². The monoisotopic (exact) mass is 285 g/mol. The molecule has 3 rings (SSSR count). The highest BCUT2D eigenvalue weighted by Crippen LogP contribution is 2.30. The summed E-state index contributed by atoms with van der Waals surface area (Å²) in [6.07, 6.45) is 3.64. The molecule has 0 spiro atoms. The maximum Gasteiger partial charge on any atom is 0.151 e. The molecule has 1 aromatic carbocycles. The molecule has 4 heteroatoms. The average molecular weight is 285 g/mol. The van der Waals surface area contributed by atoms with E-state index in [9.17, 15) is 0 Å². The molecule has 20 heavy (non-hydrogen) atoms. The number of para-hydroxylation sites is 1. The van der Waals surface area contributed by atoms with Crippen LogP contribution in [0, 0.1) is 0 Å². The molecule has 0 amide bonds. The molecule has 0 aliphatic rings. The van der Waals surface area contributed by atoms with E-state index in [0.717, 1.165) is 29.1 Å². The number of imidazole rings is 1. The Morgan fingerprint density at radius 2 is 2.10 bits per heavy atom. The van der Waals surface area contributed by atoms with Crippen LogP contribution >= 0.6 is 11.3 Å². The molecule has 0 bridgehead atoms. The van der Waals surface area contributed by atoms with Gasteiger partial charge in [-0.1, -0.05) is 31.9 Å². The smallest absolute Gasteiger partial charge is 0.151 e. The summed E-state index contributed by atoms with van der Waals surface area (Å²) in [6.45, 7) is 3.23. The quantitative estimate of drug-likeness (QED) is 0.552. The fourth-order valence-corrected chi connectivity index (χ4v) is 3.23. The number of aryl methyl sites for hydroxylation is 1. The number of nitrogens with zero attached hydrogens (tertiary/aromatic N) is 2. The number of nitrogens with two attached hydrogens (primary N) is 1. The lowest BCUT2D eigenvalue weighted by Gasteiger charge is -2.07. The van der Waals surface area contributed by atoms with Crippen molar-refractivity contribution < 1.29 is 0 Å². The van der Waals surface area contributed by atoms with Crippen molar-refractivity contribution in [3.05, 3.63) is 35.7 Å². The Hall–Kier alpha value is -1.81. The van der Waals surface area contributed by atoms with Gasteiger partial charge in [-0.25, -0.2) is 4.98 Å². The molecule has 0 aliphatic carbocycles. The van der Waals surface area contributed by atoms with Gasteiger partial charge in [0.25, 0.3) is 0 Å². The summed E-state index contributed by atoms with van der Waals surface area (Å²) in [6, 6.07) is 10.2. The summed E-state index contributed by atoms with van der Waals surface area (Å²) < 4.78 is 2.31. The highest BCUT2D eigenvalue weighted by molar-refractivity contribution is 7.13. The SMILES string of the molecule is CCCCCn1c(-c2cccs2)nc2c(N)cccc21. The van der Waals surface area contributed by atoms with Crippen molar-refractivity contribution in [1.29, 1.82) is 0 Å². The summed E-state index contributed by atoms with van der Waals surface area (Å²) in [7, 11) is 0. The van der Waals surface area contributed by atoms with Crippen molar-refractivity contribution >= 4 is 28.1 Å². The Morgan fingerprint density at radius 3 is 2.85 bits per heavy atom. The van der Waals surface area contributed by atoms with E-state index < -0.39 is 0 Å². The number of aromatic nitrogens is 2. The first-order valence-corrected chi connectivity index (χ1v) is 7.98. The number of hydrogen-bond donors (Lipinski definition) is 1. The van der Waals surface area contributed by atoms with E-state index in [1.807, 2.05) is 12.1 Å². The van der Waals surface area contributed by atoms with Gasteiger partial charge in [0.05, 0.1) is 16.1 Å². The van der Waals surface area contributed by atoms with E-state index in [0.29, 0.717) is 0 Å². The number of nitrogen functional groups attached to an aromatic ring is 1. The van der Waals surface area contributed by atoms with Crippen LogP contribution in [-0.4, -0.2) is 9.55 Å². The second-order valence-electron chi connectivity index (χ2n) is 4.99. The Morgan fingerprint density at radius 1 is 1.20 bits per heavy atom. The third kappa shape index (κ3) is 2.31. The van der Waals surface area contributed by atoms with Crippen molar-refractivity contribution in [2.45, 2.75) is 32.7 Å². The van der Waals surface area contributed by atoms with Crippen LogP contribution in [0.3, 0.4) is 0 Å². The zero-order valence-corrected chi connectivity index (χ0v) is 12.5. The average Bonchev–Trinajstić information content (AvgIpc) is 3.07. The zero-order valence-electron chi connectivity index (χ0n) is 11.7. The maximum absolute atomic E-state index is 6.07. The van der Waals surface area contributed by atoms with Gasteiger partial charge in [0.15, 0.2) is 5.82 Å². The second-order valence-corrected chi connectivity index (χ2v) is 5.93. The first kappa shape index (κ1) is 13.2. The zero-order chi connectivity index (χ0) is 13.9. The molecule has 2 heterocycles. The van der Waals surface area contributed by atoms with Gasteiger partial charge in [0.1, 0.15) is 5.52 Å². The second kappa shape index (κ2) is 5.67. The first-order chi connectivity index (χ1) is 9.81. The number of thiophene rings is 1. The van der Waals surface area contributed by atoms with Crippen LogP contribution in [0.25, 0.3) is 21.7 Å². The molecule has 0 saturated heterocycles. The Kier molecular flexibility index (Phi) is 3.74. The minimum Gasteiger partial charge on any atom is -0.397 e. The Bertz CT molecular complexity index is 698. The van der Waals surface area contributed by atoms with Gasteiger partial charge >= 0.3 is 0 Å². The molecular formula is C16H19N3S. The lowest BCUT2D eigenvalue weighted by atomic mass is 10.2. The third-order valence-electron chi connectivity index (χ3n) is 3.54. The predicted molar refractivity (Wildman–Crippen MR) is 87.0 cm³/mol. The van der Waals surface area contributed by atoms with E-state index in [4.69, 9.17) is 10.7 Å². The molecule has 2 N–H and O–H groups in total. The number of benzene rings is 1. The number of hydrogen-bond acceptors (Lipinski definition) is 3. The van der Waals surface area contributed by atoms with Crippen LogP contribution in [0.2, 0.25) is 0 Å². The van der Waals surface area contributed by atoms with E-state index in [-0.39, 0.29) is 0 Å². The van der Waals surface area contributed by atoms with Crippen LogP contribution < -0.4 is 5.73 Å². The van der Waals surface area contributed by atoms with E-state index >= 15 is 0 Å². The third-order valence-corrected chi connectivity index (χ3v) is 4.40.